The van der Waals surface area contributed by atoms with Crippen LogP contribution in [0.15, 0.2) is 48.5 Å². The van der Waals surface area contributed by atoms with E-state index in [1.807, 2.05) is 12.1 Å². The first kappa shape index (κ1) is 17.5. The highest BCUT2D eigenvalue weighted by Gasteiger charge is 2.15. The van der Waals surface area contributed by atoms with E-state index in [-0.39, 0.29) is 11.7 Å². The smallest absolute Gasteiger partial charge is 0.248 e. The Kier molecular flexibility index (Phi) is 5.71. The maximum atomic E-state index is 14.4. The van der Waals surface area contributed by atoms with Crippen molar-refractivity contribution < 1.29 is 9.18 Å². The van der Waals surface area contributed by atoms with Crippen LogP contribution in [0.2, 0.25) is 5.02 Å². The SMILES string of the molecule is O=C(/C=C/c1ccc(Cl)cc1)Nc1ccc(N2CCCCC2)c(F)c1. The summed E-state index contributed by atoms with van der Waals surface area (Å²) in [5.41, 5.74) is 1.92. The molecule has 1 saturated heterocycles. The average Bonchev–Trinajstić information content (AvgIpc) is 2.62. The number of rotatable bonds is 4. The van der Waals surface area contributed by atoms with Crippen LogP contribution < -0.4 is 10.2 Å². The third-order valence-corrected chi connectivity index (χ3v) is 4.46. The number of nitrogens with one attached hydrogen (secondary N) is 1. The molecular formula is C20H20ClFN2O. The van der Waals surface area contributed by atoms with E-state index in [0.717, 1.165) is 31.5 Å². The van der Waals surface area contributed by atoms with Crippen LogP contribution in [0.4, 0.5) is 15.8 Å². The number of halogens is 2. The minimum absolute atomic E-state index is 0.304. The molecule has 1 N–H and O–H groups in total. The Hall–Kier alpha value is -2.33. The lowest BCUT2D eigenvalue weighted by molar-refractivity contribution is -0.111. The van der Waals surface area contributed by atoms with Gasteiger partial charge < -0.3 is 10.2 Å². The summed E-state index contributed by atoms with van der Waals surface area (Å²) in [6.45, 7) is 1.76. The molecule has 0 aromatic heterocycles. The van der Waals surface area contributed by atoms with E-state index in [9.17, 15) is 9.18 Å². The second-order valence-corrected chi connectivity index (χ2v) is 6.52. The maximum absolute atomic E-state index is 14.4. The van der Waals surface area contributed by atoms with Crippen molar-refractivity contribution in [2.45, 2.75) is 19.3 Å². The molecule has 1 aliphatic heterocycles. The summed E-state index contributed by atoms with van der Waals surface area (Å²) >= 11 is 5.82. The van der Waals surface area contributed by atoms with Gasteiger partial charge in [-0.2, -0.15) is 0 Å². The van der Waals surface area contributed by atoms with Gasteiger partial charge in [-0.15, -0.1) is 0 Å². The summed E-state index contributed by atoms with van der Waals surface area (Å²) < 4.78 is 14.4. The Morgan fingerprint density at radius 3 is 2.48 bits per heavy atom. The molecule has 0 radical (unpaired) electrons. The zero-order valence-electron chi connectivity index (χ0n) is 13.8. The van der Waals surface area contributed by atoms with Gasteiger partial charge in [0.15, 0.2) is 0 Å². The Labute approximate surface area is 152 Å². The predicted molar refractivity (Wildman–Crippen MR) is 102 cm³/mol. The molecule has 3 rings (SSSR count). The number of carbonyl (C=O) groups excluding carboxylic acids is 1. The molecule has 0 atom stereocenters. The van der Waals surface area contributed by atoms with Crippen LogP contribution in [0.1, 0.15) is 24.8 Å². The van der Waals surface area contributed by atoms with E-state index in [1.54, 1.807) is 30.3 Å². The molecule has 0 bridgehead atoms. The zero-order chi connectivity index (χ0) is 17.6. The summed E-state index contributed by atoms with van der Waals surface area (Å²) in [6, 6.07) is 12.0. The minimum atomic E-state index is -0.305. The highest BCUT2D eigenvalue weighted by molar-refractivity contribution is 6.30. The van der Waals surface area contributed by atoms with Crippen LogP contribution in [0.3, 0.4) is 0 Å². The predicted octanol–water partition coefficient (Wildman–Crippen LogP) is 5.12. The van der Waals surface area contributed by atoms with E-state index in [4.69, 9.17) is 11.6 Å². The van der Waals surface area contributed by atoms with Gasteiger partial charge in [0.05, 0.1) is 5.69 Å². The molecule has 0 spiro atoms. The van der Waals surface area contributed by atoms with E-state index >= 15 is 0 Å². The van der Waals surface area contributed by atoms with Gasteiger partial charge in [0.25, 0.3) is 0 Å². The topological polar surface area (TPSA) is 32.3 Å². The van der Waals surface area contributed by atoms with Crippen molar-refractivity contribution in [2.24, 2.45) is 0 Å². The molecule has 5 heteroatoms. The van der Waals surface area contributed by atoms with Crippen LogP contribution in [-0.2, 0) is 4.79 Å². The maximum Gasteiger partial charge on any atom is 0.248 e. The summed E-state index contributed by atoms with van der Waals surface area (Å²) in [6.07, 6.45) is 6.48. The number of hydrogen-bond acceptors (Lipinski definition) is 2. The Balaban J connectivity index is 1.63. The highest BCUT2D eigenvalue weighted by atomic mass is 35.5. The molecule has 130 valence electrons. The van der Waals surface area contributed by atoms with Gasteiger partial charge in [-0.3, -0.25) is 4.79 Å². The van der Waals surface area contributed by atoms with Gasteiger partial charge in [0.2, 0.25) is 5.91 Å². The highest BCUT2D eigenvalue weighted by Crippen LogP contribution is 2.25. The van der Waals surface area contributed by atoms with E-state index in [2.05, 4.69) is 10.2 Å². The molecule has 1 aliphatic rings. The monoisotopic (exact) mass is 358 g/mol. The number of anilines is 2. The minimum Gasteiger partial charge on any atom is -0.369 e. The molecule has 0 unspecified atom stereocenters. The van der Waals surface area contributed by atoms with Crippen LogP contribution in [0, 0.1) is 5.82 Å². The second-order valence-electron chi connectivity index (χ2n) is 6.09. The molecular weight excluding hydrogens is 339 g/mol. The van der Waals surface area contributed by atoms with Gasteiger partial charge in [0.1, 0.15) is 5.82 Å². The molecule has 1 amide bonds. The first-order valence-corrected chi connectivity index (χ1v) is 8.79. The molecule has 2 aromatic carbocycles. The van der Waals surface area contributed by atoms with Crippen molar-refractivity contribution in [1.29, 1.82) is 0 Å². The summed E-state index contributed by atoms with van der Waals surface area (Å²) in [5, 5.41) is 3.33. The van der Waals surface area contributed by atoms with Crippen LogP contribution in [-0.4, -0.2) is 19.0 Å². The first-order valence-electron chi connectivity index (χ1n) is 8.41. The Morgan fingerprint density at radius 2 is 1.80 bits per heavy atom. The standard InChI is InChI=1S/C20H20ClFN2O/c21-16-7-4-15(5-8-16)6-11-20(25)23-17-9-10-19(18(22)14-17)24-12-2-1-3-13-24/h4-11,14H,1-3,12-13H2,(H,23,25)/b11-6+. The number of piperidine rings is 1. The zero-order valence-corrected chi connectivity index (χ0v) is 14.6. The number of carbonyl (C=O) groups is 1. The van der Waals surface area contributed by atoms with Gasteiger partial charge in [-0.1, -0.05) is 23.7 Å². The van der Waals surface area contributed by atoms with Crippen molar-refractivity contribution in [2.75, 3.05) is 23.3 Å². The number of benzene rings is 2. The quantitative estimate of drug-likeness (QED) is 0.769. The van der Waals surface area contributed by atoms with Gasteiger partial charge in [-0.05, 0) is 61.2 Å². The first-order chi connectivity index (χ1) is 12.1. The largest absolute Gasteiger partial charge is 0.369 e. The molecule has 3 nitrogen and oxygen atoms in total. The van der Waals surface area contributed by atoms with E-state index in [0.29, 0.717) is 16.4 Å². The fourth-order valence-electron chi connectivity index (χ4n) is 2.91. The lowest BCUT2D eigenvalue weighted by Crippen LogP contribution is -2.30. The normalized spacial score (nSPS) is 14.7. The van der Waals surface area contributed by atoms with Gasteiger partial charge in [0, 0.05) is 29.9 Å². The van der Waals surface area contributed by atoms with E-state index in [1.165, 1.54) is 18.6 Å². The lowest BCUT2D eigenvalue weighted by Gasteiger charge is -2.29. The lowest BCUT2D eigenvalue weighted by atomic mass is 10.1. The van der Waals surface area contributed by atoms with Crippen LogP contribution in [0.5, 0.6) is 0 Å². The fourth-order valence-corrected chi connectivity index (χ4v) is 3.03. The Bertz CT molecular complexity index is 768. The summed E-state index contributed by atoms with van der Waals surface area (Å²) in [4.78, 5) is 14.1. The number of hydrogen-bond donors (Lipinski definition) is 1. The number of nitrogens with zero attached hydrogens (tertiary/aromatic N) is 1. The molecule has 2 aromatic rings. The molecule has 1 heterocycles. The molecule has 0 saturated carbocycles. The fraction of sp³-hybridized carbons (Fsp3) is 0.250. The second kappa shape index (κ2) is 8.17. The summed E-state index contributed by atoms with van der Waals surface area (Å²) in [7, 11) is 0. The van der Waals surface area contributed by atoms with Crippen molar-refractivity contribution in [3.63, 3.8) is 0 Å². The molecule has 1 fully saturated rings. The van der Waals surface area contributed by atoms with Crippen molar-refractivity contribution in [3.05, 3.63) is 64.9 Å². The Morgan fingerprint density at radius 1 is 1.08 bits per heavy atom. The number of amides is 1. The van der Waals surface area contributed by atoms with E-state index < -0.39 is 0 Å². The van der Waals surface area contributed by atoms with Crippen LogP contribution in [0.25, 0.3) is 6.08 Å². The van der Waals surface area contributed by atoms with Gasteiger partial charge in [-0.25, -0.2) is 4.39 Å². The van der Waals surface area contributed by atoms with Crippen molar-refractivity contribution >= 4 is 35.0 Å². The average molecular weight is 359 g/mol. The summed E-state index contributed by atoms with van der Waals surface area (Å²) in [5.74, 6) is -0.610. The van der Waals surface area contributed by atoms with Crippen molar-refractivity contribution in [1.82, 2.24) is 0 Å². The molecule has 0 aliphatic carbocycles. The van der Waals surface area contributed by atoms with Crippen LogP contribution >= 0.6 is 11.6 Å². The molecule has 25 heavy (non-hydrogen) atoms. The van der Waals surface area contributed by atoms with Gasteiger partial charge >= 0.3 is 0 Å². The third kappa shape index (κ3) is 4.83. The van der Waals surface area contributed by atoms with Crippen molar-refractivity contribution in [3.8, 4) is 0 Å². The third-order valence-electron chi connectivity index (χ3n) is 4.21.